The predicted molar refractivity (Wildman–Crippen MR) is 91.8 cm³/mol. The molecular formula is C20H32O2. The van der Waals surface area contributed by atoms with Crippen molar-refractivity contribution < 1.29 is 9.53 Å². The first-order valence-corrected chi connectivity index (χ1v) is 8.86. The summed E-state index contributed by atoms with van der Waals surface area (Å²) in [4.78, 5) is 12.2. The lowest BCUT2D eigenvalue weighted by atomic mass is 9.88. The maximum absolute atomic E-state index is 12.2. The van der Waals surface area contributed by atoms with Gasteiger partial charge in [-0.3, -0.25) is 4.79 Å². The fraction of sp³-hybridized carbons (Fsp3) is 0.750. The molecule has 1 fully saturated rings. The van der Waals surface area contributed by atoms with E-state index in [1.807, 2.05) is 0 Å². The van der Waals surface area contributed by atoms with Gasteiger partial charge in [-0.2, -0.15) is 0 Å². The van der Waals surface area contributed by atoms with Gasteiger partial charge >= 0.3 is 0 Å². The topological polar surface area (TPSA) is 29.6 Å². The molecule has 0 saturated carbocycles. The zero-order valence-corrected chi connectivity index (χ0v) is 14.9. The molecule has 2 heteroatoms. The molecule has 0 aromatic rings. The van der Waals surface area contributed by atoms with Crippen LogP contribution in [0.5, 0.6) is 0 Å². The van der Waals surface area contributed by atoms with E-state index in [2.05, 4.69) is 46.8 Å². The van der Waals surface area contributed by atoms with Gasteiger partial charge in [0.05, 0.1) is 11.7 Å². The molecule has 1 heterocycles. The van der Waals surface area contributed by atoms with Gasteiger partial charge in [0.15, 0.2) is 0 Å². The minimum absolute atomic E-state index is 0.0700. The van der Waals surface area contributed by atoms with E-state index in [1.165, 1.54) is 11.1 Å². The predicted octanol–water partition coefficient (Wildman–Crippen LogP) is 5.23. The van der Waals surface area contributed by atoms with E-state index in [0.717, 1.165) is 25.7 Å². The summed E-state index contributed by atoms with van der Waals surface area (Å²) < 4.78 is 5.98. The van der Waals surface area contributed by atoms with Crippen molar-refractivity contribution in [3.05, 3.63) is 23.3 Å². The van der Waals surface area contributed by atoms with Crippen molar-refractivity contribution in [2.75, 3.05) is 0 Å². The van der Waals surface area contributed by atoms with Crippen LogP contribution in [-0.4, -0.2) is 17.5 Å². The standard InChI is InChI=1S/C20H32O2/c1-14(2)17-8-6-15(3)12-18(21)13-16(4)7-9-19-20(5,22-19)11-10-17/h6,8,14,16,19H,7,9-13H2,1-5H3. The molecule has 1 saturated heterocycles. The Hall–Kier alpha value is -0.890. The maximum atomic E-state index is 12.2. The summed E-state index contributed by atoms with van der Waals surface area (Å²) >= 11 is 0. The third-order valence-corrected chi connectivity index (χ3v) is 5.24. The monoisotopic (exact) mass is 304 g/mol. The number of epoxide rings is 1. The molecule has 0 N–H and O–H groups in total. The summed E-state index contributed by atoms with van der Waals surface area (Å²) in [5.74, 6) is 1.39. The lowest BCUT2D eigenvalue weighted by Crippen LogP contribution is -2.13. The number of carbonyl (C=O) groups excluding carboxylic acids is 1. The van der Waals surface area contributed by atoms with E-state index in [1.54, 1.807) is 0 Å². The average Bonchev–Trinajstić information content (AvgIpc) is 3.06. The van der Waals surface area contributed by atoms with Gasteiger partial charge in [0.2, 0.25) is 0 Å². The lowest BCUT2D eigenvalue weighted by Gasteiger charge is -2.15. The summed E-state index contributed by atoms with van der Waals surface area (Å²) in [6.45, 7) is 11.0. The molecule has 0 aromatic heterocycles. The van der Waals surface area contributed by atoms with Crippen LogP contribution < -0.4 is 0 Å². The summed E-state index contributed by atoms with van der Waals surface area (Å²) in [5, 5.41) is 0. The van der Waals surface area contributed by atoms with Crippen LogP contribution in [0.2, 0.25) is 0 Å². The molecule has 0 spiro atoms. The summed E-state index contributed by atoms with van der Waals surface area (Å²) in [6, 6.07) is 0. The molecule has 3 atom stereocenters. The highest BCUT2D eigenvalue weighted by molar-refractivity contribution is 5.80. The molecule has 1 aliphatic carbocycles. The van der Waals surface area contributed by atoms with Crippen molar-refractivity contribution in [1.82, 2.24) is 0 Å². The molecule has 3 unspecified atom stereocenters. The molecule has 2 aliphatic rings. The van der Waals surface area contributed by atoms with Crippen LogP contribution in [0.1, 0.15) is 73.1 Å². The van der Waals surface area contributed by atoms with Crippen LogP contribution in [0.15, 0.2) is 23.3 Å². The van der Waals surface area contributed by atoms with E-state index in [-0.39, 0.29) is 5.60 Å². The Morgan fingerprint density at radius 1 is 1.27 bits per heavy atom. The zero-order chi connectivity index (χ0) is 16.3. The third-order valence-electron chi connectivity index (χ3n) is 5.24. The van der Waals surface area contributed by atoms with Crippen molar-refractivity contribution in [2.24, 2.45) is 11.8 Å². The van der Waals surface area contributed by atoms with Crippen LogP contribution in [-0.2, 0) is 9.53 Å². The highest BCUT2D eigenvalue weighted by Gasteiger charge is 2.50. The Bertz CT molecular complexity index is 472. The summed E-state index contributed by atoms with van der Waals surface area (Å²) in [5.41, 5.74) is 2.72. The summed E-state index contributed by atoms with van der Waals surface area (Å²) in [6.07, 6.45) is 10.5. The van der Waals surface area contributed by atoms with E-state index in [4.69, 9.17) is 4.74 Å². The highest BCUT2D eigenvalue weighted by Crippen LogP contribution is 2.44. The van der Waals surface area contributed by atoms with Gasteiger partial charge in [-0.25, -0.2) is 0 Å². The largest absolute Gasteiger partial charge is 0.366 e. The van der Waals surface area contributed by atoms with Gasteiger partial charge in [-0.1, -0.05) is 44.1 Å². The maximum Gasteiger partial charge on any atom is 0.137 e. The van der Waals surface area contributed by atoms with Crippen molar-refractivity contribution in [2.45, 2.75) is 84.8 Å². The molecule has 0 amide bonds. The highest BCUT2D eigenvalue weighted by atomic mass is 16.6. The first-order valence-electron chi connectivity index (χ1n) is 8.86. The van der Waals surface area contributed by atoms with Gasteiger partial charge in [0, 0.05) is 12.8 Å². The number of rotatable bonds is 1. The zero-order valence-electron chi connectivity index (χ0n) is 14.9. The van der Waals surface area contributed by atoms with Crippen LogP contribution in [0, 0.1) is 11.8 Å². The Morgan fingerprint density at radius 3 is 2.68 bits per heavy atom. The van der Waals surface area contributed by atoms with Crippen LogP contribution >= 0.6 is 0 Å². The van der Waals surface area contributed by atoms with E-state index in [9.17, 15) is 4.79 Å². The second kappa shape index (κ2) is 7.12. The third kappa shape index (κ3) is 4.81. The smallest absolute Gasteiger partial charge is 0.137 e. The molecule has 1 aliphatic heterocycles. The number of carbonyl (C=O) groups is 1. The Kier molecular flexibility index (Phi) is 5.65. The van der Waals surface area contributed by atoms with E-state index < -0.39 is 0 Å². The van der Waals surface area contributed by atoms with Crippen molar-refractivity contribution in [3.63, 3.8) is 0 Å². The normalized spacial score (nSPS) is 34.5. The van der Waals surface area contributed by atoms with Gasteiger partial charge in [0.1, 0.15) is 5.78 Å². The molecule has 2 rings (SSSR count). The SMILES string of the molecule is CC1=CC=C(C(C)C)CCC2(C)OC2CCC(C)CC(=O)C1. The van der Waals surface area contributed by atoms with Gasteiger partial charge in [0.25, 0.3) is 0 Å². The minimum Gasteiger partial charge on any atom is -0.366 e. The minimum atomic E-state index is 0.0700. The number of fused-ring (bicyclic) bond motifs is 1. The number of ketones is 1. The Balaban J connectivity index is 2.14. The number of Topliss-reactive ketones (excluding diaryl/α,β-unsaturated/α-hetero) is 1. The molecule has 0 aromatic carbocycles. The van der Waals surface area contributed by atoms with E-state index >= 15 is 0 Å². The van der Waals surface area contributed by atoms with E-state index in [0.29, 0.717) is 36.6 Å². The first-order chi connectivity index (χ1) is 10.3. The van der Waals surface area contributed by atoms with Crippen LogP contribution in [0.25, 0.3) is 0 Å². The number of allylic oxidation sites excluding steroid dienone is 4. The van der Waals surface area contributed by atoms with Gasteiger partial charge < -0.3 is 4.74 Å². The van der Waals surface area contributed by atoms with Crippen molar-refractivity contribution >= 4 is 5.78 Å². The van der Waals surface area contributed by atoms with Gasteiger partial charge in [-0.15, -0.1) is 0 Å². The van der Waals surface area contributed by atoms with Crippen LogP contribution in [0.4, 0.5) is 0 Å². The lowest BCUT2D eigenvalue weighted by molar-refractivity contribution is -0.119. The molecular weight excluding hydrogens is 272 g/mol. The number of hydrogen-bond acceptors (Lipinski definition) is 2. The number of ether oxygens (including phenoxy) is 1. The van der Waals surface area contributed by atoms with Gasteiger partial charge in [-0.05, 0) is 51.4 Å². The van der Waals surface area contributed by atoms with Crippen molar-refractivity contribution in [3.8, 4) is 0 Å². The Labute approximate surface area is 136 Å². The number of hydrogen-bond donors (Lipinski definition) is 0. The quantitative estimate of drug-likeness (QED) is 0.621. The second-order valence-electron chi connectivity index (χ2n) is 7.93. The average molecular weight is 304 g/mol. The fourth-order valence-electron chi connectivity index (χ4n) is 3.45. The Morgan fingerprint density at radius 2 is 2.00 bits per heavy atom. The summed E-state index contributed by atoms with van der Waals surface area (Å²) in [7, 11) is 0. The molecule has 124 valence electrons. The fourth-order valence-corrected chi connectivity index (χ4v) is 3.45. The first kappa shape index (κ1) is 17.5. The molecule has 2 nitrogen and oxygen atoms in total. The molecule has 0 bridgehead atoms. The molecule has 0 radical (unpaired) electrons. The second-order valence-corrected chi connectivity index (χ2v) is 7.93. The van der Waals surface area contributed by atoms with Crippen molar-refractivity contribution in [1.29, 1.82) is 0 Å². The molecule has 22 heavy (non-hydrogen) atoms. The van der Waals surface area contributed by atoms with Crippen LogP contribution in [0.3, 0.4) is 0 Å².